The van der Waals surface area contributed by atoms with Crippen molar-refractivity contribution < 1.29 is 13.2 Å². The third-order valence-corrected chi connectivity index (χ3v) is 2.44. The Balaban J connectivity index is 2.61. The van der Waals surface area contributed by atoms with E-state index in [1.807, 2.05) is 6.92 Å². The molecule has 0 aliphatic carbocycles. The highest BCUT2D eigenvalue weighted by atomic mass is 19.2. The van der Waals surface area contributed by atoms with Crippen molar-refractivity contribution in [3.8, 4) is 11.3 Å². The van der Waals surface area contributed by atoms with Crippen LogP contribution in [0.25, 0.3) is 11.3 Å². The fraction of sp³-hybridized carbons (Fsp3) is 0.167. The molecule has 1 aromatic carbocycles. The van der Waals surface area contributed by atoms with Gasteiger partial charge in [-0.2, -0.15) is 0 Å². The van der Waals surface area contributed by atoms with Crippen LogP contribution in [0.4, 0.5) is 19.1 Å². The van der Waals surface area contributed by atoms with E-state index in [-0.39, 0.29) is 17.2 Å². The van der Waals surface area contributed by atoms with E-state index in [9.17, 15) is 13.2 Å². The van der Waals surface area contributed by atoms with E-state index in [1.54, 1.807) is 0 Å². The SMILES string of the molecule is CCc1cc(-c2cc(F)c(F)cc2F)nc(N)n1. The second kappa shape index (κ2) is 4.64. The van der Waals surface area contributed by atoms with Crippen LogP contribution in [0, 0.1) is 17.5 Å². The number of anilines is 1. The van der Waals surface area contributed by atoms with Crippen molar-refractivity contribution in [1.82, 2.24) is 9.97 Å². The maximum absolute atomic E-state index is 13.6. The Hall–Kier alpha value is -2.11. The number of aryl methyl sites for hydroxylation is 1. The van der Waals surface area contributed by atoms with Gasteiger partial charge in [0.2, 0.25) is 5.95 Å². The lowest BCUT2D eigenvalue weighted by atomic mass is 10.1. The highest BCUT2D eigenvalue weighted by Crippen LogP contribution is 2.24. The van der Waals surface area contributed by atoms with E-state index in [0.717, 1.165) is 6.07 Å². The summed E-state index contributed by atoms with van der Waals surface area (Å²) in [6.45, 7) is 1.84. The number of hydrogen-bond donors (Lipinski definition) is 1. The summed E-state index contributed by atoms with van der Waals surface area (Å²) < 4.78 is 39.5. The van der Waals surface area contributed by atoms with Crippen molar-refractivity contribution in [3.05, 3.63) is 41.3 Å². The topological polar surface area (TPSA) is 51.8 Å². The molecule has 1 heterocycles. The van der Waals surface area contributed by atoms with Gasteiger partial charge in [-0.3, -0.25) is 0 Å². The molecule has 0 atom stereocenters. The maximum atomic E-state index is 13.6. The molecule has 0 fully saturated rings. The van der Waals surface area contributed by atoms with Crippen LogP contribution in [-0.4, -0.2) is 9.97 Å². The van der Waals surface area contributed by atoms with Crippen molar-refractivity contribution in [1.29, 1.82) is 0 Å². The second-order valence-corrected chi connectivity index (χ2v) is 3.70. The predicted octanol–water partition coefficient (Wildman–Crippen LogP) is 2.71. The van der Waals surface area contributed by atoms with Gasteiger partial charge in [0.25, 0.3) is 0 Å². The summed E-state index contributed by atoms with van der Waals surface area (Å²) in [4.78, 5) is 7.75. The molecule has 0 aliphatic heterocycles. The number of aromatic nitrogens is 2. The maximum Gasteiger partial charge on any atom is 0.220 e. The van der Waals surface area contributed by atoms with E-state index in [2.05, 4.69) is 9.97 Å². The molecule has 2 N–H and O–H groups in total. The van der Waals surface area contributed by atoms with Gasteiger partial charge in [-0.15, -0.1) is 0 Å². The van der Waals surface area contributed by atoms with E-state index in [1.165, 1.54) is 6.07 Å². The molecule has 1 aromatic heterocycles. The molecular weight excluding hydrogens is 243 g/mol. The van der Waals surface area contributed by atoms with E-state index in [4.69, 9.17) is 5.73 Å². The monoisotopic (exact) mass is 253 g/mol. The van der Waals surface area contributed by atoms with Gasteiger partial charge in [-0.1, -0.05) is 6.92 Å². The van der Waals surface area contributed by atoms with Crippen molar-refractivity contribution >= 4 is 5.95 Å². The molecule has 94 valence electrons. The lowest BCUT2D eigenvalue weighted by molar-refractivity contribution is 0.496. The largest absolute Gasteiger partial charge is 0.368 e. The Morgan fingerprint density at radius 2 is 1.67 bits per heavy atom. The molecule has 2 rings (SSSR count). The molecule has 2 aromatic rings. The molecule has 0 bridgehead atoms. The first-order chi connectivity index (χ1) is 8.51. The Bertz CT molecular complexity index is 599. The molecule has 0 spiro atoms. The van der Waals surface area contributed by atoms with Gasteiger partial charge in [0, 0.05) is 17.3 Å². The standard InChI is InChI=1S/C12H10F3N3/c1-2-6-3-11(18-12(16)17-6)7-4-9(14)10(15)5-8(7)13/h3-5H,2H2,1H3,(H2,16,17,18). The summed E-state index contributed by atoms with van der Waals surface area (Å²) in [6.07, 6.45) is 0.574. The Morgan fingerprint density at radius 1 is 1.00 bits per heavy atom. The van der Waals surface area contributed by atoms with Gasteiger partial charge in [-0.05, 0) is 18.6 Å². The molecule has 0 saturated heterocycles. The average Bonchev–Trinajstić information content (AvgIpc) is 2.33. The number of nitrogens with two attached hydrogens (primary N) is 1. The molecule has 0 unspecified atom stereocenters. The first-order valence-corrected chi connectivity index (χ1v) is 5.29. The zero-order chi connectivity index (χ0) is 13.3. The van der Waals surface area contributed by atoms with E-state index in [0.29, 0.717) is 18.2 Å². The average molecular weight is 253 g/mol. The van der Waals surface area contributed by atoms with Gasteiger partial charge >= 0.3 is 0 Å². The number of nitrogens with zero attached hydrogens (tertiary/aromatic N) is 2. The Labute approximate surface area is 101 Å². The molecule has 6 heteroatoms. The minimum absolute atomic E-state index is 0.0338. The summed E-state index contributed by atoms with van der Waals surface area (Å²) in [7, 11) is 0. The van der Waals surface area contributed by atoms with Crippen LogP contribution in [0.5, 0.6) is 0 Å². The molecule has 18 heavy (non-hydrogen) atoms. The normalized spacial score (nSPS) is 10.7. The Kier molecular flexibility index (Phi) is 3.18. The van der Waals surface area contributed by atoms with Crippen LogP contribution in [0.3, 0.4) is 0 Å². The van der Waals surface area contributed by atoms with Crippen molar-refractivity contribution in [3.63, 3.8) is 0 Å². The van der Waals surface area contributed by atoms with Gasteiger partial charge in [0.15, 0.2) is 11.6 Å². The highest BCUT2D eigenvalue weighted by molar-refractivity contribution is 5.61. The molecule has 0 saturated carbocycles. The lowest BCUT2D eigenvalue weighted by Gasteiger charge is -2.06. The molecular formula is C12H10F3N3. The van der Waals surface area contributed by atoms with Crippen LogP contribution < -0.4 is 5.73 Å². The number of hydrogen-bond acceptors (Lipinski definition) is 3. The predicted molar refractivity (Wildman–Crippen MR) is 61.1 cm³/mol. The van der Waals surface area contributed by atoms with E-state index < -0.39 is 17.5 Å². The van der Waals surface area contributed by atoms with E-state index >= 15 is 0 Å². The minimum Gasteiger partial charge on any atom is -0.368 e. The van der Waals surface area contributed by atoms with Crippen molar-refractivity contribution in [2.24, 2.45) is 0 Å². The van der Waals surface area contributed by atoms with Crippen molar-refractivity contribution in [2.75, 3.05) is 5.73 Å². The summed E-state index contributed by atoms with van der Waals surface area (Å²) >= 11 is 0. The number of rotatable bonds is 2. The van der Waals surface area contributed by atoms with Crippen LogP contribution in [0.15, 0.2) is 18.2 Å². The third-order valence-electron chi connectivity index (χ3n) is 2.44. The fourth-order valence-corrected chi connectivity index (χ4v) is 1.56. The number of benzene rings is 1. The Morgan fingerprint density at radius 3 is 2.33 bits per heavy atom. The first kappa shape index (κ1) is 12.3. The smallest absolute Gasteiger partial charge is 0.220 e. The minimum atomic E-state index is -1.24. The number of halogens is 3. The summed E-state index contributed by atoms with van der Waals surface area (Å²) in [5.41, 5.74) is 6.07. The zero-order valence-electron chi connectivity index (χ0n) is 9.54. The molecule has 3 nitrogen and oxygen atoms in total. The zero-order valence-corrected chi connectivity index (χ0v) is 9.54. The highest BCUT2D eigenvalue weighted by Gasteiger charge is 2.13. The summed E-state index contributed by atoms with van der Waals surface area (Å²) in [5.74, 6) is -3.31. The second-order valence-electron chi connectivity index (χ2n) is 3.70. The van der Waals surface area contributed by atoms with Crippen LogP contribution in [-0.2, 0) is 6.42 Å². The lowest BCUT2D eigenvalue weighted by Crippen LogP contribution is -2.01. The van der Waals surface area contributed by atoms with Gasteiger partial charge in [0.1, 0.15) is 5.82 Å². The molecule has 0 aliphatic rings. The van der Waals surface area contributed by atoms with Gasteiger partial charge < -0.3 is 5.73 Å². The summed E-state index contributed by atoms with van der Waals surface area (Å²) in [5, 5.41) is 0. The third kappa shape index (κ3) is 2.27. The van der Waals surface area contributed by atoms with Gasteiger partial charge in [-0.25, -0.2) is 23.1 Å². The van der Waals surface area contributed by atoms with Crippen LogP contribution >= 0.6 is 0 Å². The van der Waals surface area contributed by atoms with Gasteiger partial charge in [0.05, 0.1) is 5.69 Å². The van der Waals surface area contributed by atoms with Crippen molar-refractivity contribution in [2.45, 2.75) is 13.3 Å². The summed E-state index contributed by atoms with van der Waals surface area (Å²) in [6, 6.07) is 2.73. The number of nitrogen functional groups attached to an aromatic ring is 1. The first-order valence-electron chi connectivity index (χ1n) is 5.29. The van der Waals surface area contributed by atoms with Crippen LogP contribution in [0.1, 0.15) is 12.6 Å². The van der Waals surface area contributed by atoms with Crippen LogP contribution in [0.2, 0.25) is 0 Å². The fourth-order valence-electron chi connectivity index (χ4n) is 1.56. The molecule has 0 radical (unpaired) electrons. The quantitative estimate of drug-likeness (QED) is 0.837. The molecule has 0 amide bonds.